The van der Waals surface area contributed by atoms with Crippen LogP contribution >= 0.6 is 11.8 Å². The summed E-state index contributed by atoms with van der Waals surface area (Å²) in [6.07, 6.45) is 0. The Balaban J connectivity index is 1.47. The summed E-state index contributed by atoms with van der Waals surface area (Å²) in [6.45, 7) is 2.82. The molecular weight excluding hydrogens is 387 g/mol. The second-order valence-electron chi connectivity index (χ2n) is 6.46. The van der Waals surface area contributed by atoms with Crippen LogP contribution in [0.5, 0.6) is 11.5 Å². The summed E-state index contributed by atoms with van der Waals surface area (Å²) in [5.74, 6) is 1.08. The van der Waals surface area contributed by atoms with E-state index in [4.69, 9.17) is 9.47 Å². The van der Waals surface area contributed by atoms with Gasteiger partial charge in [0.25, 0.3) is 0 Å². The van der Waals surface area contributed by atoms with Crippen LogP contribution in [-0.4, -0.2) is 11.7 Å². The maximum Gasteiger partial charge on any atom is 0.161 e. The molecule has 0 amide bonds. The highest BCUT2D eigenvalue weighted by molar-refractivity contribution is 8.14. The van der Waals surface area contributed by atoms with Crippen molar-refractivity contribution in [3.63, 3.8) is 0 Å². The number of halogens is 1. The van der Waals surface area contributed by atoms with Crippen LogP contribution in [0.4, 0.5) is 4.39 Å². The summed E-state index contributed by atoms with van der Waals surface area (Å²) in [6, 6.07) is 22.3. The van der Waals surface area contributed by atoms with Crippen LogP contribution in [-0.2, 0) is 6.61 Å². The number of benzene rings is 3. The van der Waals surface area contributed by atoms with Crippen molar-refractivity contribution < 1.29 is 13.9 Å². The molecule has 0 fully saturated rings. The molecule has 3 aromatic rings. The van der Waals surface area contributed by atoms with E-state index in [1.54, 1.807) is 23.9 Å². The third-order valence-electron chi connectivity index (χ3n) is 4.41. The Morgan fingerprint density at radius 1 is 0.966 bits per heavy atom. The van der Waals surface area contributed by atoms with Crippen molar-refractivity contribution in [2.24, 2.45) is 5.10 Å². The number of nitrogens with one attached hydrogen (secondary N) is 1. The van der Waals surface area contributed by atoms with Crippen molar-refractivity contribution in [1.29, 1.82) is 0 Å². The molecule has 0 saturated heterocycles. The summed E-state index contributed by atoms with van der Waals surface area (Å²) < 4.78 is 24.8. The highest BCUT2D eigenvalue weighted by atomic mass is 32.2. The highest BCUT2D eigenvalue weighted by Crippen LogP contribution is 2.38. The maximum absolute atomic E-state index is 13.1. The van der Waals surface area contributed by atoms with E-state index in [1.165, 1.54) is 12.1 Å². The third kappa shape index (κ3) is 4.71. The van der Waals surface area contributed by atoms with E-state index in [9.17, 15) is 4.39 Å². The molecule has 0 spiro atoms. The van der Waals surface area contributed by atoms with Gasteiger partial charge in [-0.05, 0) is 42.3 Å². The summed E-state index contributed by atoms with van der Waals surface area (Å²) in [5, 5.41) is 5.44. The zero-order valence-corrected chi connectivity index (χ0v) is 16.8. The molecule has 1 aliphatic heterocycles. The first kappa shape index (κ1) is 19.3. The molecule has 0 radical (unpaired) electrons. The van der Waals surface area contributed by atoms with Crippen molar-refractivity contribution in [2.75, 3.05) is 6.61 Å². The predicted molar refractivity (Wildman–Crippen MR) is 115 cm³/mol. The topological polar surface area (TPSA) is 42.8 Å². The first-order chi connectivity index (χ1) is 14.2. The zero-order chi connectivity index (χ0) is 20.1. The fourth-order valence-electron chi connectivity index (χ4n) is 2.95. The van der Waals surface area contributed by atoms with Gasteiger partial charge in [-0.1, -0.05) is 60.3 Å². The van der Waals surface area contributed by atoms with E-state index in [0.29, 0.717) is 24.7 Å². The van der Waals surface area contributed by atoms with Gasteiger partial charge in [0, 0.05) is 5.56 Å². The molecule has 1 atom stereocenters. The Morgan fingerprint density at radius 2 is 1.76 bits per heavy atom. The molecule has 4 nitrogen and oxygen atoms in total. The summed E-state index contributed by atoms with van der Waals surface area (Å²) in [5.41, 5.74) is 6.24. The second-order valence-corrected chi connectivity index (χ2v) is 7.56. The van der Waals surface area contributed by atoms with E-state index in [2.05, 4.69) is 10.5 Å². The minimum Gasteiger partial charge on any atom is -0.490 e. The van der Waals surface area contributed by atoms with Gasteiger partial charge in [-0.25, -0.2) is 4.39 Å². The SMILES string of the molecule is CCOc1cc([C@H]2NN=C(c3ccccc3)S2)ccc1OCc1ccc(F)cc1. The lowest BCUT2D eigenvalue weighted by Gasteiger charge is -2.16. The molecule has 6 heteroatoms. The van der Waals surface area contributed by atoms with Gasteiger partial charge in [0.15, 0.2) is 11.5 Å². The number of hydrogen-bond donors (Lipinski definition) is 1. The van der Waals surface area contributed by atoms with E-state index in [1.807, 2.05) is 55.5 Å². The minimum atomic E-state index is -0.258. The number of ether oxygens (including phenoxy) is 2. The molecule has 0 aromatic heterocycles. The van der Waals surface area contributed by atoms with Gasteiger partial charge in [0.05, 0.1) is 6.61 Å². The van der Waals surface area contributed by atoms with Gasteiger partial charge in [-0.2, -0.15) is 5.10 Å². The number of hydrazone groups is 1. The number of hydrogen-bond acceptors (Lipinski definition) is 5. The van der Waals surface area contributed by atoms with Crippen molar-refractivity contribution >= 4 is 16.8 Å². The average molecular weight is 408 g/mol. The van der Waals surface area contributed by atoms with E-state index in [-0.39, 0.29) is 11.2 Å². The van der Waals surface area contributed by atoms with Crippen molar-refractivity contribution in [1.82, 2.24) is 5.43 Å². The van der Waals surface area contributed by atoms with E-state index < -0.39 is 0 Å². The Morgan fingerprint density at radius 3 is 2.52 bits per heavy atom. The van der Waals surface area contributed by atoms with Crippen LogP contribution in [0.25, 0.3) is 0 Å². The fraction of sp³-hybridized carbons (Fsp3) is 0.174. The number of thioether (sulfide) groups is 1. The minimum absolute atomic E-state index is 0.00978. The fourth-order valence-corrected chi connectivity index (χ4v) is 3.94. The molecular formula is C23H21FN2O2S. The van der Waals surface area contributed by atoms with Crippen LogP contribution in [0.15, 0.2) is 77.9 Å². The normalized spacial score (nSPS) is 15.5. The van der Waals surface area contributed by atoms with Gasteiger partial charge < -0.3 is 9.47 Å². The van der Waals surface area contributed by atoms with Gasteiger partial charge >= 0.3 is 0 Å². The summed E-state index contributed by atoms with van der Waals surface area (Å²) in [4.78, 5) is 0. The zero-order valence-electron chi connectivity index (χ0n) is 16.0. The standard InChI is InChI=1S/C23H21FN2O2S/c1-2-27-21-14-18(23-26-25-22(29-23)17-6-4-3-5-7-17)10-13-20(21)28-15-16-8-11-19(24)12-9-16/h3-14,23,26H,2,15H2,1H3/t23-/m0/s1. The predicted octanol–water partition coefficient (Wildman–Crippen LogP) is 5.50. The number of rotatable bonds is 7. The molecule has 0 bridgehead atoms. The van der Waals surface area contributed by atoms with Gasteiger partial charge in [0.1, 0.15) is 22.8 Å². The quantitative estimate of drug-likeness (QED) is 0.561. The maximum atomic E-state index is 13.1. The van der Waals surface area contributed by atoms with Gasteiger partial charge in [-0.3, -0.25) is 5.43 Å². The Bertz CT molecular complexity index is 994. The molecule has 1 heterocycles. The van der Waals surface area contributed by atoms with Crippen molar-refractivity contribution in [2.45, 2.75) is 18.9 Å². The van der Waals surface area contributed by atoms with Crippen LogP contribution in [0.3, 0.4) is 0 Å². The summed E-state index contributed by atoms with van der Waals surface area (Å²) in [7, 11) is 0. The van der Waals surface area contributed by atoms with Gasteiger partial charge in [-0.15, -0.1) is 0 Å². The van der Waals surface area contributed by atoms with Crippen LogP contribution in [0, 0.1) is 5.82 Å². The van der Waals surface area contributed by atoms with Gasteiger partial charge in [0.2, 0.25) is 0 Å². The lowest BCUT2D eigenvalue weighted by Crippen LogP contribution is -2.07. The van der Waals surface area contributed by atoms with Crippen molar-refractivity contribution in [3.05, 3.63) is 95.3 Å². The Hall–Kier alpha value is -2.99. The first-order valence-electron chi connectivity index (χ1n) is 9.42. The molecule has 29 heavy (non-hydrogen) atoms. The second kappa shape index (κ2) is 9.01. The largest absolute Gasteiger partial charge is 0.490 e. The average Bonchev–Trinajstić information content (AvgIpc) is 3.25. The van der Waals surface area contributed by atoms with Crippen LogP contribution in [0.1, 0.15) is 29.0 Å². The molecule has 0 aliphatic carbocycles. The first-order valence-corrected chi connectivity index (χ1v) is 10.3. The third-order valence-corrected chi connectivity index (χ3v) is 5.58. The molecule has 3 aromatic carbocycles. The molecule has 1 N–H and O–H groups in total. The molecule has 148 valence electrons. The number of nitrogens with zero attached hydrogens (tertiary/aromatic N) is 1. The van der Waals surface area contributed by atoms with Crippen molar-refractivity contribution in [3.8, 4) is 11.5 Å². The lowest BCUT2D eigenvalue weighted by molar-refractivity contribution is 0.269. The van der Waals surface area contributed by atoms with E-state index >= 15 is 0 Å². The Labute approximate surface area is 173 Å². The van der Waals surface area contributed by atoms with Crippen LogP contribution < -0.4 is 14.9 Å². The highest BCUT2D eigenvalue weighted by Gasteiger charge is 2.23. The Kier molecular flexibility index (Phi) is 6.00. The monoisotopic (exact) mass is 408 g/mol. The molecule has 0 saturated carbocycles. The molecule has 1 aliphatic rings. The van der Waals surface area contributed by atoms with Crippen LogP contribution in [0.2, 0.25) is 0 Å². The lowest BCUT2D eigenvalue weighted by atomic mass is 10.2. The molecule has 0 unspecified atom stereocenters. The summed E-state index contributed by atoms with van der Waals surface area (Å²) >= 11 is 1.67. The molecule has 4 rings (SSSR count). The smallest absolute Gasteiger partial charge is 0.161 e. The van der Waals surface area contributed by atoms with E-state index in [0.717, 1.165) is 21.7 Å².